The van der Waals surface area contributed by atoms with E-state index in [1.165, 1.54) is 37.7 Å². The summed E-state index contributed by atoms with van der Waals surface area (Å²) in [6.45, 7) is 7.32. The molecule has 10 nitrogen and oxygen atoms in total. The third-order valence-electron chi connectivity index (χ3n) is 5.18. The van der Waals surface area contributed by atoms with E-state index >= 15 is 0 Å². The molecule has 2 aromatic heterocycles. The van der Waals surface area contributed by atoms with Crippen LogP contribution in [0.4, 0.5) is 5.69 Å². The van der Waals surface area contributed by atoms with Gasteiger partial charge in [0, 0.05) is 33.9 Å². The number of benzene rings is 2. The second-order valence-corrected chi connectivity index (χ2v) is 10.2. The average molecular weight is 507 g/mol. The van der Waals surface area contributed by atoms with Crippen LogP contribution in [0, 0.1) is 23.1 Å². The molecule has 0 bridgehead atoms. The zero-order chi connectivity index (χ0) is 25.2. The highest BCUT2D eigenvalue weighted by atomic mass is 35.5. The Labute approximate surface area is 204 Å². The van der Waals surface area contributed by atoms with Crippen LogP contribution in [0.2, 0.25) is 5.02 Å². The first kappa shape index (κ1) is 23.9. The van der Waals surface area contributed by atoms with E-state index in [1.54, 1.807) is 18.2 Å². The second-order valence-electron chi connectivity index (χ2n) is 7.37. The van der Waals surface area contributed by atoms with E-state index in [-0.39, 0.29) is 34.1 Å². The van der Waals surface area contributed by atoms with Gasteiger partial charge in [-0.05, 0) is 36.4 Å². The minimum atomic E-state index is -4.01. The van der Waals surface area contributed by atoms with Crippen molar-refractivity contribution in [2.45, 2.75) is 6.54 Å². The van der Waals surface area contributed by atoms with E-state index < -0.39 is 13.3 Å². The number of amides is 1. The Kier molecular flexibility index (Phi) is 6.54. The summed E-state index contributed by atoms with van der Waals surface area (Å²) in [5.41, 5.74) is 1.11. The van der Waals surface area contributed by atoms with Crippen LogP contribution in [0.5, 0.6) is 0 Å². The molecule has 0 fully saturated rings. The smallest absolute Gasteiger partial charge is 0.289 e. The fourth-order valence-corrected chi connectivity index (χ4v) is 6.02. The van der Waals surface area contributed by atoms with Gasteiger partial charge in [0.25, 0.3) is 19.6 Å². The average Bonchev–Trinajstić information content (AvgIpc) is 3.25. The van der Waals surface area contributed by atoms with Crippen molar-refractivity contribution in [3.8, 4) is 6.07 Å². The molecule has 2 N–H and O–H groups in total. The number of aromatic amines is 1. The van der Waals surface area contributed by atoms with Crippen LogP contribution in [-0.4, -0.2) is 23.0 Å². The lowest BCUT2D eigenvalue weighted by Gasteiger charge is -2.19. The summed E-state index contributed by atoms with van der Waals surface area (Å²) in [4.78, 5) is 23.4. The Morgan fingerprint density at radius 1 is 1.40 bits per heavy atom. The Hall–Kier alpha value is -4.21. The molecule has 2 aromatic carbocycles. The molecule has 0 aliphatic rings. The maximum absolute atomic E-state index is 14.4. The van der Waals surface area contributed by atoms with Gasteiger partial charge in [-0.3, -0.25) is 9.36 Å². The zero-order valence-corrected chi connectivity index (χ0v) is 19.8. The van der Waals surface area contributed by atoms with Gasteiger partial charge in [-0.1, -0.05) is 16.6 Å². The molecule has 0 spiro atoms. The number of fused-ring (bicyclic) bond motifs is 1. The fraction of sp³-hybridized carbons (Fsp3) is 0.0870. The first-order valence-corrected chi connectivity index (χ1v) is 12.0. The lowest BCUT2D eigenvalue weighted by Crippen LogP contribution is -2.32. The van der Waals surface area contributed by atoms with Crippen LogP contribution < -0.4 is 20.7 Å². The number of halogens is 1. The van der Waals surface area contributed by atoms with Gasteiger partial charge in [0.1, 0.15) is 18.1 Å². The molecule has 174 valence electrons. The number of carbonyl (C=O) groups excluding carboxylic acids is 1. The number of nitrogens with one attached hydrogen (secondary N) is 2. The standard InChI is InChI=1S/C23H16ClN6O4P/c1-26-17-5-14(9-25)6-18(8-17)35(33,34-2)22-19-7-16(24)3-4-20(19)29-21(22)23(31)28-11-15-10-27-13-30(32)12-15/h3-8,10,12-13,29H,11H2,2H3,(H,28,31). The molecule has 0 saturated carbocycles. The Morgan fingerprint density at radius 3 is 2.89 bits per heavy atom. The number of nitriles is 1. The summed E-state index contributed by atoms with van der Waals surface area (Å²) in [5.74, 6) is -0.618. The molecule has 0 radical (unpaired) electrons. The number of H-pyrrole nitrogens is 1. The normalized spacial score (nSPS) is 12.5. The highest BCUT2D eigenvalue weighted by molar-refractivity contribution is 7.75. The molecule has 1 atom stereocenters. The van der Waals surface area contributed by atoms with Gasteiger partial charge in [0.2, 0.25) is 0 Å². The molecule has 1 amide bonds. The summed E-state index contributed by atoms with van der Waals surface area (Å²) < 4.78 is 20.5. The quantitative estimate of drug-likeness (QED) is 0.178. The molecule has 0 aliphatic carbocycles. The van der Waals surface area contributed by atoms with Gasteiger partial charge in [-0.15, -0.1) is 0 Å². The predicted octanol–water partition coefficient (Wildman–Crippen LogP) is 3.08. The lowest BCUT2D eigenvalue weighted by atomic mass is 10.2. The Morgan fingerprint density at radius 2 is 2.20 bits per heavy atom. The molecule has 0 aliphatic heterocycles. The topological polar surface area (TPSA) is 139 Å². The third-order valence-corrected chi connectivity index (χ3v) is 7.92. The van der Waals surface area contributed by atoms with Crippen LogP contribution in [0.3, 0.4) is 0 Å². The third kappa shape index (κ3) is 4.59. The van der Waals surface area contributed by atoms with Crippen molar-refractivity contribution in [2.75, 3.05) is 7.11 Å². The summed E-state index contributed by atoms with van der Waals surface area (Å²) in [6, 6.07) is 10.8. The fourth-order valence-electron chi connectivity index (χ4n) is 3.63. The Balaban J connectivity index is 1.88. The van der Waals surface area contributed by atoms with Crippen molar-refractivity contribution in [3.63, 3.8) is 0 Å². The summed E-state index contributed by atoms with van der Waals surface area (Å²) in [6.07, 6.45) is 3.77. The maximum atomic E-state index is 14.4. The van der Waals surface area contributed by atoms with Crippen LogP contribution >= 0.6 is 19.0 Å². The van der Waals surface area contributed by atoms with Crippen molar-refractivity contribution < 1.29 is 18.6 Å². The monoisotopic (exact) mass is 506 g/mol. The van der Waals surface area contributed by atoms with Crippen molar-refractivity contribution >= 4 is 52.1 Å². The molecule has 2 heterocycles. The maximum Gasteiger partial charge on any atom is 0.289 e. The van der Waals surface area contributed by atoms with Gasteiger partial charge in [-0.2, -0.15) is 5.26 Å². The lowest BCUT2D eigenvalue weighted by molar-refractivity contribution is -0.609. The minimum Gasteiger partial charge on any atom is -0.711 e. The van der Waals surface area contributed by atoms with Gasteiger partial charge < -0.3 is 20.0 Å². The van der Waals surface area contributed by atoms with Gasteiger partial charge in [-0.25, -0.2) is 9.58 Å². The highest BCUT2D eigenvalue weighted by Crippen LogP contribution is 2.48. The number of nitrogens with zero attached hydrogens (tertiary/aromatic N) is 4. The molecule has 12 heteroatoms. The molecule has 4 aromatic rings. The van der Waals surface area contributed by atoms with Crippen LogP contribution in [0.15, 0.2) is 55.1 Å². The minimum absolute atomic E-state index is 0.0203. The second kappa shape index (κ2) is 9.57. The van der Waals surface area contributed by atoms with Gasteiger partial charge in [0.15, 0.2) is 5.69 Å². The van der Waals surface area contributed by atoms with E-state index in [0.717, 1.165) is 6.33 Å². The highest BCUT2D eigenvalue weighted by Gasteiger charge is 2.36. The zero-order valence-electron chi connectivity index (χ0n) is 18.2. The van der Waals surface area contributed by atoms with Crippen LogP contribution in [0.25, 0.3) is 15.7 Å². The van der Waals surface area contributed by atoms with Gasteiger partial charge >= 0.3 is 0 Å². The van der Waals surface area contributed by atoms with Crippen molar-refractivity contribution in [3.05, 3.63) is 93.6 Å². The van der Waals surface area contributed by atoms with Crippen molar-refractivity contribution in [1.82, 2.24) is 15.3 Å². The first-order valence-electron chi connectivity index (χ1n) is 10.0. The number of aromatic nitrogens is 3. The van der Waals surface area contributed by atoms with Crippen molar-refractivity contribution in [2.24, 2.45) is 0 Å². The van der Waals surface area contributed by atoms with Gasteiger partial charge in [0.05, 0.1) is 30.1 Å². The van der Waals surface area contributed by atoms with E-state index in [9.17, 15) is 19.8 Å². The Bertz CT molecular complexity index is 1570. The molecule has 1 unspecified atom stereocenters. The van der Waals surface area contributed by atoms with Crippen LogP contribution in [-0.2, 0) is 15.6 Å². The molecule has 4 rings (SSSR count). The summed E-state index contributed by atoms with van der Waals surface area (Å²) in [7, 11) is -2.78. The largest absolute Gasteiger partial charge is 0.711 e. The number of carbonyl (C=O) groups is 1. The molecule has 35 heavy (non-hydrogen) atoms. The molecular weight excluding hydrogens is 491 g/mol. The number of hydrogen-bond acceptors (Lipinski definition) is 6. The summed E-state index contributed by atoms with van der Waals surface area (Å²) >= 11 is 6.20. The van der Waals surface area contributed by atoms with E-state index in [4.69, 9.17) is 22.7 Å². The number of hydrogen-bond donors (Lipinski definition) is 2. The van der Waals surface area contributed by atoms with Crippen molar-refractivity contribution in [1.29, 1.82) is 5.26 Å². The molecule has 0 saturated heterocycles. The summed E-state index contributed by atoms with van der Waals surface area (Å²) in [5, 5.41) is 24.4. The number of rotatable bonds is 6. The SMILES string of the molecule is [C-]#[N+]c1cc(C#N)cc(P(=O)(OC)c2c(C(=O)NCc3cnc[n+]([O-])c3)[nH]c3ccc(Cl)cc23)c1. The van der Waals surface area contributed by atoms with E-state index in [2.05, 4.69) is 20.1 Å². The van der Waals surface area contributed by atoms with Crippen LogP contribution in [0.1, 0.15) is 21.6 Å². The first-order chi connectivity index (χ1) is 16.8. The van der Waals surface area contributed by atoms with E-state index in [1.807, 2.05) is 6.07 Å². The predicted molar refractivity (Wildman–Crippen MR) is 129 cm³/mol. The van der Waals surface area contributed by atoms with E-state index in [0.29, 0.717) is 26.2 Å². The molecular formula is C23H16ClN6O4P.